The zero-order chi connectivity index (χ0) is 18.2. The number of amides is 1. The van der Waals surface area contributed by atoms with E-state index in [1.165, 1.54) is 5.69 Å². The van der Waals surface area contributed by atoms with E-state index in [2.05, 4.69) is 32.2 Å². The van der Waals surface area contributed by atoms with Crippen LogP contribution in [0, 0.1) is 0 Å². The first kappa shape index (κ1) is 22.3. The Hall–Kier alpha value is -1.71. The van der Waals surface area contributed by atoms with E-state index >= 15 is 0 Å². The summed E-state index contributed by atoms with van der Waals surface area (Å²) in [5, 5.41) is 3.29. The average molecular weight is 475 g/mol. The minimum atomic E-state index is 0. The van der Waals surface area contributed by atoms with Gasteiger partial charge in [-0.05, 0) is 31.2 Å². The number of nitrogens with zero attached hydrogens (tertiary/aromatic N) is 4. The normalized spacial score (nSPS) is 14.5. The monoisotopic (exact) mass is 475 g/mol. The van der Waals surface area contributed by atoms with Gasteiger partial charge in [-0.25, -0.2) is 4.99 Å². The number of carbonyl (C=O) groups excluding carboxylic acids is 1. The molecule has 0 aliphatic carbocycles. The molecular formula is C18H30IN5O2. The van der Waals surface area contributed by atoms with E-state index in [-0.39, 0.29) is 36.4 Å². The Balaban J connectivity index is 0.00000338. The molecule has 1 saturated heterocycles. The molecule has 1 amide bonds. The molecule has 0 atom stereocenters. The van der Waals surface area contributed by atoms with Crippen LogP contribution in [0.4, 0.5) is 5.69 Å². The minimum absolute atomic E-state index is 0. The Bertz CT molecular complexity index is 584. The molecule has 1 aromatic carbocycles. The van der Waals surface area contributed by atoms with Gasteiger partial charge in [0.2, 0.25) is 5.91 Å². The third-order valence-corrected chi connectivity index (χ3v) is 4.21. The summed E-state index contributed by atoms with van der Waals surface area (Å²) in [6.07, 6.45) is 0. The summed E-state index contributed by atoms with van der Waals surface area (Å²) in [6, 6.07) is 8.15. The number of benzene rings is 1. The Morgan fingerprint density at radius 2 is 1.81 bits per heavy atom. The maximum absolute atomic E-state index is 11.8. The third kappa shape index (κ3) is 6.22. The summed E-state index contributed by atoms with van der Waals surface area (Å²) in [7, 11) is 5.17. The molecule has 1 aliphatic rings. The van der Waals surface area contributed by atoms with Crippen LogP contribution in [0.2, 0.25) is 0 Å². The molecule has 1 aromatic rings. The van der Waals surface area contributed by atoms with Crippen LogP contribution in [0.3, 0.4) is 0 Å². The molecule has 146 valence electrons. The van der Waals surface area contributed by atoms with E-state index in [4.69, 9.17) is 4.74 Å². The van der Waals surface area contributed by atoms with Gasteiger partial charge in [-0.1, -0.05) is 0 Å². The Kier molecular flexibility index (Phi) is 9.53. The SMILES string of the molecule is CCNC(=NCC(=O)N(C)C)N1CCN(c2ccc(OC)cc2)CC1.I. The topological polar surface area (TPSA) is 60.4 Å². The second-order valence-electron chi connectivity index (χ2n) is 6.13. The lowest BCUT2D eigenvalue weighted by atomic mass is 10.2. The van der Waals surface area contributed by atoms with Gasteiger partial charge < -0.3 is 24.8 Å². The lowest BCUT2D eigenvalue weighted by Crippen LogP contribution is -2.52. The van der Waals surface area contributed by atoms with Gasteiger partial charge in [0.05, 0.1) is 7.11 Å². The number of methoxy groups -OCH3 is 1. The van der Waals surface area contributed by atoms with E-state index in [9.17, 15) is 4.79 Å². The highest BCUT2D eigenvalue weighted by Gasteiger charge is 2.20. The van der Waals surface area contributed by atoms with Gasteiger partial charge in [-0.3, -0.25) is 4.79 Å². The number of rotatable bonds is 5. The molecule has 8 heteroatoms. The number of hydrogen-bond acceptors (Lipinski definition) is 4. The van der Waals surface area contributed by atoms with E-state index in [1.54, 1.807) is 26.1 Å². The number of nitrogens with one attached hydrogen (secondary N) is 1. The first-order chi connectivity index (χ1) is 12.0. The van der Waals surface area contributed by atoms with Crippen molar-refractivity contribution in [3.63, 3.8) is 0 Å². The van der Waals surface area contributed by atoms with Crippen molar-refractivity contribution >= 4 is 41.5 Å². The number of anilines is 1. The highest BCUT2D eigenvalue weighted by atomic mass is 127. The van der Waals surface area contributed by atoms with E-state index in [0.29, 0.717) is 0 Å². The number of carbonyl (C=O) groups is 1. The van der Waals surface area contributed by atoms with Crippen LogP contribution in [0.5, 0.6) is 5.75 Å². The van der Waals surface area contributed by atoms with Crippen molar-refractivity contribution in [2.75, 3.05) is 65.4 Å². The van der Waals surface area contributed by atoms with Crippen LogP contribution in [0.1, 0.15) is 6.92 Å². The summed E-state index contributed by atoms with van der Waals surface area (Å²) in [4.78, 5) is 22.4. The zero-order valence-corrected chi connectivity index (χ0v) is 18.4. The standard InChI is InChI=1S/C18H29N5O2.HI/c1-5-19-18(20-14-17(24)21(2)3)23-12-10-22(11-13-23)15-6-8-16(25-4)9-7-15;/h6-9H,5,10-14H2,1-4H3,(H,19,20);1H. The molecule has 0 spiro atoms. The molecule has 1 heterocycles. The molecule has 2 rings (SSSR count). The Labute approximate surface area is 173 Å². The van der Waals surface area contributed by atoms with E-state index in [1.807, 2.05) is 19.1 Å². The molecule has 0 radical (unpaired) electrons. The highest BCUT2D eigenvalue weighted by molar-refractivity contribution is 14.0. The quantitative estimate of drug-likeness (QED) is 0.398. The predicted octanol–water partition coefficient (Wildman–Crippen LogP) is 1.49. The van der Waals surface area contributed by atoms with E-state index < -0.39 is 0 Å². The van der Waals surface area contributed by atoms with Crippen LogP contribution in [0.25, 0.3) is 0 Å². The summed E-state index contributed by atoms with van der Waals surface area (Å²) in [5.41, 5.74) is 1.20. The first-order valence-electron chi connectivity index (χ1n) is 8.67. The molecule has 26 heavy (non-hydrogen) atoms. The Morgan fingerprint density at radius 3 is 2.31 bits per heavy atom. The van der Waals surface area contributed by atoms with Gasteiger partial charge in [0.25, 0.3) is 0 Å². The van der Waals surface area contributed by atoms with Crippen molar-refractivity contribution in [2.45, 2.75) is 6.92 Å². The van der Waals surface area contributed by atoms with Gasteiger partial charge >= 0.3 is 0 Å². The third-order valence-electron chi connectivity index (χ3n) is 4.21. The second-order valence-corrected chi connectivity index (χ2v) is 6.13. The number of piperazine rings is 1. The smallest absolute Gasteiger partial charge is 0.243 e. The molecule has 0 unspecified atom stereocenters. The summed E-state index contributed by atoms with van der Waals surface area (Å²) < 4.78 is 5.21. The van der Waals surface area contributed by atoms with Crippen molar-refractivity contribution in [3.8, 4) is 5.75 Å². The van der Waals surface area contributed by atoms with Crippen LogP contribution < -0.4 is 15.0 Å². The number of guanidine groups is 1. The zero-order valence-electron chi connectivity index (χ0n) is 16.1. The number of ether oxygens (including phenoxy) is 1. The second kappa shape index (κ2) is 11.1. The van der Waals surface area contributed by atoms with Crippen LogP contribution >= 0.6 is 24.0 Å². The van der Waals surface area contributed by atoms with Crippen LogP contribution in [-0.4, -0.2) is 82.1 Å². The van der Waals surface area contributed by atoms with Gasteiger partial charge in [0, 0.05) is 52.5 Å². The lowest BCUT2D eigenvalue weighted by Gasteiger charge is -2.37. The average Bonchev–Trinajstić information content (AvgIpc) is 2.65. The van der Waals surface area contributed by atoms with Crippen molar-refractivity contribution < 1.29 is 9.53 Å². The van der Waals surface area contributed by atoms with Gasteiger partial charge in [0.15, 0.2) is 5.96 Å². The molecule has 1 fully saturated rings. The van der Waals surface area contributed by atoms with Crippen molar-refractivity contribution in [1.82, 2.24) is 15.1 Å². The maximum Gasteiger partial charge on any atom is 0.243 e. The van der Waals surface area contributed by atoms with Crippen molar-refractivity contribution in [1.29, 1.82) is 0 Å². The molecule has 0 aromatic heterocycles. The first-order valence-corrected chi connectivity index (χ1v) is 8.67. The molecule has 0 bridgehead atoms. The molecule has 1 aliphatic heterocycles. The highest BCUT2D eigenvalue weighted by Crippen LogP contribution is 2.20. The number of hydrogen-bond donors (Lipinski definition) is 1. The fraction of sp³-hybridized carbons (Fsp3) is 0.556. The minimum Gasteiger partial charge on any atom is -0.497 e. The molecule has 0 saturated carbocycles. The van der Waals surface area contributed by atoms with Crippen LogP contribution in [0.15, 0.2) is 29.3 Å². The van der Waals surface area contributed by atoms with Gasteiger partial charge in [-0.2, -0.15) is 0 Å². The summed E-state index contributed by atoms with van der Waals surface area (Å²) in [6.45, 7) is 6.57. The summed E-state index contributed by atoms with van der Waals surface area (Å²) in [5.74, 6) is 1.69. The lowest BCUT2D eigenvalue weighted by molar-refractivity contribution is -0.127. The molecule has 1 N–H and O–H groups in total. The number of aliphatic imine (C=N–C) groups is 1. The number of halogens is 1. The molecular weight excluding hydrogens is 445 g/mol. The van der Waals surface area contributed by atoms with E-state index in [0.717, 1.165) is 44.4 Å². The van der Waals surface area contributed by atoms with Crippen LogP contribution in [-0.2, 0) is 4.79 Å². The predicted molar refractivity (Wildman–Crippen MR) is 117 cm³/mol. The fourth-order valence-corrected chi connectivity index (χ4v) is 2.68. The Morgan fingerprint density at radius 1 is 1.19 bits per heavy atom. The number of likely N-dealkylation sites (N-methyl/N-ethyl adjacent to an activating group) is 1. The van der Waals surface area contributed by atoms with Gasteiger partial charge in [-0.15, -0.1) is 24.0 Å². The largest absolute Gasteiger partial charge is 0.497 e. The van der Waals surface area contributed by atoms with Gasteiger partial charge in [0.1, 0.15) is 12.3 Å². The molecule has 7 nitrogen and oxygen atoms in total. The maximum atomic E-state index is 11.8. The fourth-order valence-electron chi connectivity index (χ4n) is 2.68. The summed E-state index contributed by atoms with van der Waals surface area (Å²) >= 11 is 0. The van der Waals surface area contributed by atoms with Crippen molar-refractivity contribution in [2.24, 2.45) is 4.99 Å². The van der Waals surface area contributed by atoms with Crippen molar-refractivity contribution in [3.05, 3.63) is 24.3 Å².